The minimum Gasteiger partial charge on any atom is -0.351 e. The van der Waals surface area contributed by atoms with Crippen LogP contribution in [0.25, 0.3) is 0 Å². The molecule has 0 spiro atoms. The van der Waals surface area contributed by atoms with Crippen LogP contribution in [0.2, 0.25) is 0 Å². The standard InChI is InChI=1S/C18H20N4O4/c1-21(2)11-10-19-17(23)14-4-3-5-15(12-14)20-18(24)13-6-8-16(9-7-13)22(25)26/h3-9,12H,10-11H2,1-2H3,(H,19,23)(H,20,24). The number of rotatable bonds is 7. The molecule has 0 aromatic heterocycles. The van der Waals surface area contributed by atoms with Crippen LogP contribution in [-0.2, 0) is 0 Å². The molecule has 8 heteroatoms. The Morgan fingerprint density at radius 3 is 2.35 bits per heavy atom. The van der Waals surface area contributed by atoms with Crippen LogP contribution in [0.1, 0.15) is 20.7 Å². The first-order chi connectivity index (χ1) is 12.4. The first-order valence-corrected chi connectivity index (χ1v) is 7.95. The summed E-state index contributed by atoms with van der Waals surface area (Å²) in [4.78, 5) is 36.4. The van der Waals surface area contributed by atoms with E-state index in [2.05, 4.69) is 10.6 Å². The summed E-state index contributed by atoms with van der Waals surface area (Å²) < 4.78 is 0. The lowest BCUT2D eigenvalue weighted by molar-refractivity contribution is -0.384. The minimum atomic E-state index is -0.528. The number of anilines is 1. The Balaban J connectivity index is 2.02. The highest BCUT2D eigenvalue weighted by molar-refractivity contribution is 6.05. The SMILES string of the molecule is CN(C)CCNC(=O)c1cccc(NC(=O)c2ccc([N+](=O)[O-])cc2)c1. The van der Waals surface area contributed by atoms with Crippen LogP contribution in [0, 0.1) is 10.1 Å². The predicted molar refractivity (Wildman–Crippen MR) is 98.4 cm³/mol. The summed E-state index contributed by atoms with van der Waals surface area (Å²) in [5.41, 5.74) is 1.10. The molecule has 0 bridgehead atoms. The zero-order valence-corrected chi connectivity index (χ0v) is 14.6. The van der Waals surface area contributed by atoms with Gasteiger partial charge in [-0.15, -0.1) is 0 Å². The van der Waals surface area contributed by atoms with E-state index in [4.69, 9.17) is 0 Å². The third kappa shape index (κ3) is 5.38. The van der Waals surface area contributed by atoms with Crippen LogP contribution in [0.4, 0.5) is 11.4 Å². The van der Waals surface area contributed by atoms with Crippen molar-refractivity contribution in [1.29, 1.82) is 0 Å². The molecule has 2 rings (SSSR count). The summed E-state index contributed by atoms with van der Waals surface area (Å²) in [6, 6.07) is 11.9. The minimum absolute atomic E-state index is 0.0852. The van der Waals surface area contributed by atoms with Crippen molar-refractivity contribution in [1.82, 2.24) is 10.2 Å². The first kappa shape index (κ1) is 19.1. The third-order valence-electron chi connectivity index (χ3n) is 3.57. The zero-order valence-electron chi connectivity index (χ0n) is 14.6. The lowest BCUT2D eigenvalue weighted by Crippen LogP contribution is -2.31. The molecule has 26 heavy (non-hydrogen) atoms. The molecule has 2 amide bonds. The lowest BCUT2D eigenvalue weighted by Gasteiger charge is -2.11. The fraction of sp³-hybridized carbons (Fsp3) is 0.222. The highest BCUT2D eigenvalue weighted by Crippen LogP contribution is 2.15. The number of nitro groups is 1. The van der Waals surface area contributed by atoms with Crippen molar-refractivity contribution in [2.75, 3.05) is 32.5 Å². The summed E-state index contributed by atoms with van der Waals surface area (Å²) in [6.07, 6.45) is 0. The van der Waals surface area contributed by atoms with Crippen molar-refractivity contribution < 1.29 is 14.5 Å². The van der Waals surface area contributed by atoms with Gasteiger partial charge in [-0.1, -0.05) is 6.07 Å². The topological polar surface area (TPSA) is 105 Å². The predicted octanol–water partition coefficient (Wildman–Crippen LogP) is 2.14. The number of hydrogen-bond acceptors (Lipinski definition) is 5. The molecule has 2 aromatic rings. The van der Waals surface area contributed by atoms with Gasteiger partial charge in [0, 0.05) is 42.0 Å². The molecular weight excluding hydrogens is 336 g/mol. The number of nitro benzene ring substituents is 1. The van der Waals surface area contributed by atoms with Gasteiger partial charge in [-0.05, 0) is 44.4 Å². The second-order valence-electron chi connectivity index (χ2n) is 5.90. The molecule has 0 atom stereocenters. The van der Waals surface area contributed by atoms with Gasteiger partial charge in [-0.2, -0.15) is 0 Å². The maximum absolute atomic E-state index is 12.2. The van der Waals surface area contributed by atoms with E-state index in [9.17, 15) is 19.7 Å². The Bertz CT molecular complexity index is 803. The van der Waals surface area contributed by atoms with Crippen LogP contribution in [0.3, 0.4) is 0 Å². The van der Waals surface area contributed by atoms with E-state index < -0.39 is 10.8 Å². The lowest BCUT2D eigenvalue weighted by atomic mass is 10.1. The maximum atomic E-state index is 12.2. The summed E-state index contributed by atoms with van der Waals surface area (Å²) >= 11 is 0. The van der Waals surface area contributed by atoms with E-state index in [1.807, 2.05) is 19.0 Å². The molecule has 2 aromatic carbocycles. The molecule has 136 valence electrons. The quantitative estimate of drug-likeness (QED) is 0.584. The van der Waals surface area contributed by atoms with Crippen molar-refractivity contribution in [3.05, 3.63) is 69.8 Å². The summed E-state index contributed by atoms with van der Waals surface area (Å²) in [6.45, 7) is 1.24. The Labute approximate surface area is 151 Å². The van der Waals surface area contributed by atoms with Gasteiger partial charge in [-0.25, -0.2) is 0 Å². The number of non-ortho nitro benzene ring substituents is 1. The number of benzene rings is 2. The number of hydrogen-bond donors (Lipinski definition) is 2. The smallest absolute Gasteiger partial charge is 0.269 e. The Kier molecular flexibility index (Phi) is 6.40. The highest BCUT2D eigenvalue weighted by Gasteiger charge is 2.11. The summed E-state index contributed by atoms with van der Waals surface area (Å²) in [5.74, 6) is -0.636. The van der Waals surface area contributed by atoms with Gasteiger partial charge in [0.15, 0.2) is 0 Å². The van der Waals surface area contributed by atoms with Gasteiger partial charge in [0.05, 0.1) is 4.92 Å². The van der Waals surface area contributed by atoms with Gasteiger partial charge in [0.1, 0.15) is 0 Å². The third-order valence-corrected chi connectivity index (χ3v) is 3.57. The average Bonchev–Trinajstić information content (AvgIpc) is 2.61. The fourth-order valence-corrected chi connectivity index (χ4v) is 2.17. The molecule has 0 aliphatic rings. The van der Waals surface area contributed by atoms with Gasteiger partial charge in [-0.3, -0.25) is 19.7 Å². The van der Waals surface area contributed by atoms with Gasteiger partial charge in [0.2, 0.25) is 0 Å². The Hall–Kier alpha value is -3.26. The molecule has 0 unspecified atom stereocenters. The summed E-state index contributed by atoms with van der Waals surface area (Å²) in [7, 11) is 3.83. The Morgan fingerprint density at radius 2 is 1.73 bits per heavy atom. The number of carbonyl (C=O) groups excluding carboxylic acids is 2. The van der Waals surface area contributed by atoms with Gasteiger partial charge >= 0.3 is 0 Å². The van der Waals surface area contributed by atoms with Crippen LogP contribution in [-0.4, -0.2) is 48.8 Å². The number of amides is 2. The van der Waals surface area contributed by atoms with Crippen molar-refractivity contribution in [2.24, 2.45) is 0 Å². The van der Waals surface area contributed by atoms with Crippen molar-refractivity contribution in [2.45, 2.75) is 0 Å². The number of likely N-dealkylation sites (N-methyl/N-ethyl adjacent to an activating group) is 1. The molecule has 0 aliphatic carbocycles. The number of nitrogens with zero attached hydrogens (tertiary/aromatic N) is 2. The molecule has 8 nitrogen and oxygen atoms in total. The highest BCUT2D eigenvalue weighted by atomic mass is 16.6. The second kappa shape index (κ2) is 8.72. The van der Waals surface area contributed by atoms with Crippen molar-refractivity contribution in [3.63, 3.8) is 0 Å². The molecule has 2 N–H and O–H groups in total. The van der Waals surface area contributed by atoms with E-state index >= 15 is 0 Å². The van der Waals surface area contributed by atoms with E-state index in [1.165, 1.54) is 24.3 Å². The van der Waals surface area contributed by atoms with Crippen LogP contribution in [0.5, 0.6) is 0 Å². The molecular formula is C18H20N4O4. The van der Waals surface area contributed by atoms with Gasteiger partial charge in [0.25, 0.3) is 17.5 Å². The van der Waals surface area contributed by atoms with E-state index in [-0.39, 0.29) is 17.2 Å². The molecule has 0 aliphatic heterocycles. The van der Waals surface area contributed by atoms with E-state index in [1.54, 1.807) is 24.3 Å². The molecule has 0 radical (unpaired) electrons. The molecule has 0 fully saturated rings. The van der Waals surface area contributed by atoms with E-state index in [0.29, 0.717) is 17.8 Å². The van der Waals surface area contributed by atoms with E-state index in [0.717, 1.165) is 6.54 Å². The fourth-order valence-electron chi connectivity index (χ4n) is 2.17. The normalized spacial score (nSPS) is 10.4. The summed E-state index contributed by atoms with van der Waals surface area (Å²) in [5, 5.41) is 16.1. The second-order valence-corrected chi connectivity index (χ2v) is 5.90. The van der Waals surface area contributed by atoms with Crippen LogP contribution >= 0.6 is 0 Å². The Morgan fingerprint density at radius 1 is 1.04 bits per heavy atom. The first-order valence-electron chi connectivity index (χ1n) is 7.95. The largest absolute Gasteiger partial charge is 0.351 e. The van der Waals surface area contributed by atoms with Crippen molar-refractivity contribution in [3.8, 4) is 0 Å². The van der Waals surface area contributed by atoms with Gasteiger partial charge < -0.3 is 15.5 Å². The molecule has 0 heterocycles. The van der Waals surface area contributed by atoms with Crippen LogP contribution < -0.4 is 10.6 Å². The number of carbonyl (C=O) groups is 2. The van der Waals surface area contributed by atoms with Crippen molar-refractivity contribution >= 4 is 23.2 Å². The number of nitrogens with one attached hydrogen (secondary N) is 2. The molecule has 0 saturated carbocycles. The zero-order chi connectivity index (χ0) is 19.1. The van der Waals surface area contributed by atoms with Crippen LogP contribution in [0.15, 0.2) is 48.5 Å². The monoisotopic (exact) mass is 356 g/mol. The maximum Gasteiger partial charge on any atom is 0.269 e. The average molecular weight is 356 g/mol. The molecule has 0 saturated heterocycles.